The smallest absolute Gasteiger partial charge is 0.488 e. The van der Waals surface area contributed by atoms with Gasteiger partial charge in [0.1, 0.15) is 11.4 Å². The Kier molecular flexibility index (Phi) is 11.7. The van der Waals surface area contributed by atoms with Gasteiger partial charge in [-0.2, -0.15) is 0 Å². The molecule has 0 amide bonds. The van der Waals surface area contributed by atoms with Gasteiger partial charge in [0, 0.05) is 26.5 Å². The number of ether oxygens (including phenoxy) is 1. The van der Waals surface area contributed by atoms with Crippen LogP contribution in [0.1, 0.15) is 84.3 Å². The molecule has 2 unspecified atom stereocenters. The number of hydrogen-bond acceptors (Lipinski definition) is 4. The molecule has 0 saturated heterocycles. The van der Waals surface area contributed by atoms with Gasteiger partial charge in [0.2, 0.25) is 0 Å². The van der Waals surface area contributed by atoms with Crippen molar-refractivity contribution in [1.82, 2.24) is 0 Å². The van der Waals surface area contributed by atoms with Crippen LogP contribution >= 0.6 is 0 Å². The van der Waals surface area contributed by atoms with Crippen LogP contribution in [0.4, 0.5) is 0 Å². The van der Waals surface area contributed by atoms with Crippen LogP contribution in [0.15, 0.2) is 48.5 Å². The Morgan fingerprint density at radius 2 is 1.06 bits per heavy atom. The monoisotopic (exact) mass is 460 g/mol. The van der Waals surface area contributed by atoms with E-state index in [2.05, 4.69) is 84.9 Å². The summed E-state index contributed by atoms with van der Waals surface area (Å²) in [7, 11) is 2.22. The van der Waals surface area contributed by atoms with Crippen LogP contribution in [0.5, 0.6) is 5.75 Å². The highest BCUT2D eigenvalue weighted by molar-refractivity contribution is 6.75. The average molecular weight is 461 g/mol. The molecule has 32 heavy (non-hydrogen) atoms. The van der Waals surface area contributed by atoms with Gasteiger partial charge in [-0.25, -0.2) is 0 Å². The summed E-state index contributed by atoms with van der Waals surface area (Å²) < 4.78 is 22.1. The molecule has 0 aromatic heterocycles. The largest absolute Gasteiger partial charge is 0.536 e. The first-order valence-electron chi connectivity index (χ1n) is 11.6. The van der Waals surface area contributed by atoms with Crippen molar-refractivity contribution in [1.29, 1.82) is 0 Å². The Hall–Kier alpha value is -1.66. The molecular weight excluding hydrogens is 416 g/mol. The second-order valence-electron chi connectivity index (χ2n) is 9.19. The Morgan fingerprint density at radius 1 is 0.688 bits per heavy atom. The Bertz CT molecular complexity index is 753. The molecule has 0 heterocycles. The number of rotatable bonds is 9. The van der Waals surface area contributed by atoms with E-state index in [4.69, 9.17) is 18.0 Å². The van der Waals surface area contributed by atoms with Gasteiger partial charge in [0.25, 0.3) is 0 Å². The van der Waals surface area contributed by atoms with Crippen LogP contribution in [-0.2, 0) is 13.3 Å². The molecule has 2 aromatic rings. The third-order valence-electron chi connectivity index (χ3n) is 5.74. The Labute approximate surface area is 197 Å². The Balaban J connectivity index is 0.000000323. The van der Waals surface area contributed by atoms with Crippen molar-refractivity contribution in [3.63, 3.8) is 0 Å². The third kappa shape index (κ3) is 8.36. The van der Waals surface area contributed by atoms with Gasteiger partial charge in [0.15, 0.2) is 0 Å². The first-order chi connectivity index (χ1) is 15.1. The lowest BCUT2D eigenvalue weighted by atomic mass is 9.99. The molecule has 2 rings (SSSR count). The van der Waals surface area contributed by atoms with Crippen molar-refractivity contribution in [3.05, 3.63) is 59.7 Å². The van der Waals surface area contributed by atoms with E-state index in [1.54, 1.807) is 21.3 Å². The minimum absolute atomic E-state index is 0.113. The van der Waals surface area contributed by atoms with Gasteiger partial charge in [0.05, 0.1) is 0 Å². The van der Waals surface area contributed by atoms with Crippen LogP contribution in [0, 0.1) is 0 Å². The van der Waals surface area contributed by atoms with Gasteiger partial charge in [-0.3, -0.25) is 0 Å². The molecule has 4 nitrogen and oxygen atoms in total. The highest BCUT2D eigenvalue weighted by Gasteiger charge is 2.40. The van der Waals surface area contributed by atoms with Crippen molar-refractivity contribution in [2.75, 3.05) is 21.3 Å². The molecule has 0 N–H and O–H groups in total. The molecular formula is C27H44O4Si. The van der Waals surface area contributed by atoms with Gasteiger partial charge in [-0.05, 0) is 68.7 Å². The van der Waals surface area contributed by atoms with Gasteiger partial charge in [-0.1, -0.05) is 64.1 Å². The predicted molar refractivity (Wildman–Crippen MR) is 137 cm³/mol. The minimum atomic E-state index is -2.66. The van der Waals surface area contributed by atoms with Crippen LogP contribution in [0.25, 0.3) is 0 Å². The van der Waals surface area contributed by atoms with E-state index in [-0.39, 0.29) is 5.60 Å². The molecule has 0 aliphatic heterocycles. The van der Waals surface area contributed by atoms with E-state index in [0.29, 0.717) is 11.8 Å². The van der Waals surface area contributed by atoms with Crippen molar-refractivity contribution in [2.45, 2.75) is 78.7 Å². The van der Waals surface area contributed by atoms with E-state index in [1.165, 1.54) is 17.5 Å². The first-order valence-corrected chi connectivity index (χ1v) is 13.3. The molecule has 0 radical (unpaired) electrons. The summed E-state index contributed by atoms with van der Waals surface area (Å²) in [5.41, 5.74) is 2.61. The molecule has 0 saturated carbocycles. The van der Waals surface area contributed by atoms with Crippen LogP contribution in [-0.4, -0.2) is 35.7 Å². The number of benzene rings is 2. The molecule has 2 atom stereocenters. The van der Waals surface area contributed by atoms with Crippen molar-refractivity contribution < 1.29 is 18.0 Å². The summed E-state index contributed by atoms with van der Waals surface area (Å²) >= 11 is 0. The lowest BCUT2D eigenvalue weighted by molar-refractivity contribution is 0.131. The predicted octanol–water partition coefficient (Wildman–Crippen LogP) is 6.66. The van der Waals surface area contributed by atoms with E-state index in [9.17, 15) is 0 Å². The SMILES string of the molecule is CCC(C)c1ccc(OC(C)(C)C)cc1.CCC(C)c1ccc([Si](OC)(OC)OC)cc1. The van der Waals surface area contributed by atoms with Crippen LogP contribution < -0.4 is 9.92 Å². The fourth-order valence-corrected chi connectivity index (χ4v) is 5.09. The summed E-state index contributed by atoms with van der Waals surface area (Å²) in [6.07, 6.45) is 2.32. The fourth-order valence-electron chi connectivity index (χ4n) is 3.31. The zero-order valence-corrected chi connectivity index (χ0v) is 22.8. The quantitative estimate of drug-likeness (QED) is 0.392. The van der Waals surface area contributed by atoms with Crippen LogP contribution in [0.2, 0.25) is 0 Å². The average Bonchev–Trinajstić information content (AvgIpc) is 2.80. The van der Waals surface area contributed by atoms with Crippen molar-refractivity contribution in [2.24, 2.45) is 0 Å². The zero-order valence-electron chi connectivity index (χ0n) is 21.8. The Morgan fingerprint density at radius 3 is 1.38 bits per heavy atom. The molecule has 0 aliphatic rings. The third-order valence-corrected chi connectivity index (χ3v) is 8.39. The van der Waals surface area contributed by atoms with E-state index < -0.39 is 8.80 Å². The summed E-state index contributed by atoms with van der Waals surface area (Å²) in [6.45, 7) is 15.1. The minimum Gasteiger partial charge on any atom is -0.488 e. The normalized spacial score (nSPS) is 13.7. The van der Waals surface area contributed by atoms with Crippen molar-refractivity contribution >= 4 is 14.0 Å². The molecule has 0 fully saturated rings. The second-order valence-corrected chi connectivity index (χ2v) is 12.1. The maximum absolute atomic E-state index is 5.77. The lowest BCUT2D eigenvalue weighted by Crippen LogP contribution is -2.54. The van der Waals surface area contributed by atoms with E-state index >= 15 is 0 Å². The zero-order chi connectivity index (χ0) is 24.4. The maximum atomic E-state index is 5.77. The topological polar surface area (TPSA) is 36.9 Å². The van der Waals surface area contributed by atoms with Gasteiger partial charge in [-0.15, -0.1) is 0 Å². The van der Waals surface area contributed by atoms with Gasteiger partial charge < -0.3 is 18.0 Å². The summed E-state index contributed by atoms with van der Waals surface area (Å²) in [6, 6.07) is 16.8. The molecule has 180 valence electrons. The summed E-state index contributed by atoms with van der Waals surface area (Å²) in [5.74, 6) is 2.16. The maximum Gasteiger partial charge on any atom is 0.536 e. The fraction of sp³-hybridized carbons (Fsp3) is 0.556. The van der Waals surface area contributed by atoms with Gasteiger partial charge >= 0.3 is 8.80 Å². The highest BCUT2D eigenvalue weighted by Crippen LogP contribution is 2.23. The molecule has 0 spiro atoms. The molecule has 0 aliphatic carbocycles. The lowest BCUT2D eigenvalue weighted by Gasteiger charge is -2.24. The second kappa shape index (κ2) is 13.1. The van der Waals surface area contributed by atoms with E-state index in [1.807, 2.05) is 12.1 Å². The molecule has 2 aromatic carbocycles. The van der Waals surface area contributed by atoms with E-state index in [0.717, 1.165) is 17.4 Å². The molecule has 5 heteroatoms. The summed E-state index contributed by atoms with van der Waals surface area (Å²) in [5, 5.41) is 0.997. The molecule has 0 bridgehead atoms. The first kappa shape index (κ1) is 28.4. The van der Waals surface area contributed by atoms with Crippen LogP contribution in [0.3, 0.4) is 0 Å². The van der Waals surface area contributed by atoms with Crippen molar-refractivity contribution in [3.8, 4) is 5.75 Å². The highest BCUT2D eigenvalue weighted by atomic mass is 28.4. The number of hydrogen-bond donors (Lipinski definition) is 0. The standard InChI is InChI=1S/C14H22O.C13H22O3Si/c1-6-11(2)12-7-9-13(10-8-12)15-14(3,4)5;1-6-11(2)12-7-9-13(10-8-12)17(14-3,15-4)16-5/h7-11H,6H2,1-5H3;7-11H,6H2,1-5H3. The summed E-state index contributed by atoms with van der Waals surface area (Å²) in [4.78, 5) is 0.